The molecule has 0 saturated heterocycles. The molecule has 0 radical (unpaired) electrons. The van der Waals surface area contributed by atoms with E-state index in [2.05, 4.69) is 22.6 Å². The van der Waals surface area contributed by atoms with Crippen LogP contribution in [-0.4, -0.2) is 11.5 Å². The van der Waals surface area contributed by atoms with Crippen molar-refractivity contribution >= 4 is 40.1 Å². The Balaban J connectivity index is 1.83. The number of halogens is 1. The van der Waals surface area contributed by atoms with Crippen LogP contribution in [0.25, 0.3) is 0 Å². The molecule has 1 heterocycles. The maximum Gasteiger partial charge on any atom is 0.172 e. The molecule has 1 aromatic carbocycles. The highest BCUT2D eigenvalue weighted by molar-refractivity contribution is 14.1. The topological polar surface area (TPSA) is 30.2 Å². The number of hydrogen-bond acceptors (Lipinski definition) is 3. The highest BCUT2D eigenvalue weighted by Gasteiger charge is 2.06. The Hall–Kier alpha value is -0.750. The van der Waals surface area contributed by atoms with Gasteiger partial charge in [0.15, 0.2) is 5.78 Å². The van der Waals surface area contributed by atoms with E-state index in [-0.39, 0.29) is 5.78 Å². The molecule has 0 amide bonds. The molecule has 2 rings (SSSR count). The van der Waals surface area contributed by atoms with Crippen LogP contribution in [0.4, 0.5) is 0 Å². The summed E-state index contributed by atoms with van der Waals surface area (Å²) < 4.78 is 6.34. The molecule has 0 bridgehead atoms. The second-order valence-corrected chi connectivity index (χ2v) is 5.73. The molecule has 0 aliphatic carbocycles. The average molecular weight is 358 g/mol. The SMILES string of the molecule is O=C(CSCc1ccco1)c1ccc(I)cc1. The lowest BCUT2D eigenvalue weighted by Crippen LogP contribution is -2.02. The van der Waals surface area contributed by atoms with Gasteiger partial charge in [0.2, 0.25) is 0 Å². The number of Topliss-reactive ketones (excluding diaryl/α,β-unsaturated/α-hetero) is 1. The van der Waals surface area contributed by atoms with Crippen LogP contribution in [0.5, 0.6) is 0 Å². The van der Waals surface area contributed by atoms with Crippen molar-refractivity contribution in [3.05, 3.63) is 57.6 Å². The van der Waals surface area contributed by atoms with Gasteiger partial charge < -0.3 is 4.42 Å². The average Bonchev–Trinajstić information content (AvgIpc) is 2.83. The summed E-state index contributed by atoms with van der Waals surface area (Å²) in [6, 6.07) is 11.4. The summed E-state index contributed by atoms with van der Waals surface area (Å²) in [5, 5.41) is 0. The minimum atomic E-state index is 0.165. The normalized spacial score (nSPS) is 10.4. The number of furan rings is 1. The summed E-state index contributed by atoms with van der Waals surface area (Å²) in [5.74, 6) is 2.30. The van der Waals surface area contributed by atoms with Crippen LogP contribution < -0.4 is 0 Å². The fraction of sp³-hybridized carbons (Fsp3) is 0.154. The van der Waals surface area contributed by atoms with Crippen molar-refractivity contribution in [1.82, 2.24) is 0 Å². The number of ketones is 1. The number of carbonyl (C=O) groups is 1. The first-order valence-corrected chi connectivity index (χ1v) is 7.38. The molecule has 0 saturated carbocycles. The lowest BCUT2D eigenvalue weighted by molar-refractivity contribution is 0.102. The molecule has 0 spiro atoms. The van der Waals surface area contributed by atoms with Crippen LogP contribution in [0.1, 0.15) is 16.1 Å². The number of rotatable bonds is 5. The first-order valence-electron chi connectivity index (χ1n) is 5.14. The highest BCUT2D eigenvalue weighted by atomic mass is 127. The van der Waals surface area contributed by atoms with Gasteiger partial charge in [-0.1, -0.05) is 12.1 Å². The number of thioether (sulfide) groups is 1. The van der Waals surface area contributed by atoms with E-state index >= 15 is 0 Å². The summed E-state index contributed by atoms with van der Waals surface area (Å²) in [6.45, 7) is 0. The largest absolute Gasteiger partial charge is 0.468 e. The van der Waals surface area contributed by atoms with E-state index in [9.17, 15) is 4.79 Å². The molecule has 4 heteroatoms. The highest BCUT2D eigenvalue weighted by Crippen LogP contribution is 2.15. The molecular formula is C13H11IO2S. The Morgan fingerprint density at radius 3 is 2.65 bits per heavy atom. The molecule has 0 unspecified atom stereocenters. The van der Waals surface area contributed by atoms with Crippen molar-refractivity contribution in [2.24, 2.45) is 0 Å². The van der Waals surface area contributed by atoms with Crippen molar-refractivity contribution in [2.75, 3.05) is 5.75 Å². The fourth-order valence-electron chi connectivity index (χ4n) is 1.36. The molecular weight excluding hydrogens is 347 g/mol. The zero-order valence-corrected chi connectivity index (χ0v) is 12.0. The van der Waals surface area contributed by atoms with E-state index < -0.39 is 0 Å². The zero-order valence-electron chi connectivity index (χ0n) is 9.06. The fourth-order valence-corrected chi connectivity index (χ4v) is 2.54. The molecule has 1 aromatic heterocycles. The van der Waals surface area contributed by atoms with Crippen molar-refractivity contribution < 1.29 is 9.21 Å². The smallest absolute Gasteiger partial charge is 0.172 e. The Bertz CT molecular complexity index is 477. The summed E-state index contributed by atoms with van der Waals surface area (Å²) in [5.41, 5.74) is 0.775. The molecule has 88 valence electrons. The number of benzene rings is 1. The van der Waals surface area contributed by atoms with Crippen LogP contribution in [-0.2, 0) is 5.75 Å². The van der Waals surface area contributed by atoms with Gasteiger partial charge >= 0.3 is 0 Å². The van der Waals surface area contributed by atoms with Gasteiger partial charge in [0.25, 0.3) is 0 Å². The van der Waals surface area contributed by atoms with Gasteiger partial charge in [0, 0.05) is 9.13 Å². The third-order valence-electron chi connectivity index (χ3n) is 2.22. The van der Waals surface area contributed by atoms with Crippen LogP contribution >= 0.6 is 34.4 Å². The van der Waals surface area contributed by atoms with Crippen molar-refractivity contribution in [3.8, 4) is 0 Å². The first kappa shape index (κ1) is 12.7. The summed E-state index contributed by atoms with van der Waals surface area (Å²) in [7, 11) is 0. The second kappa shape index (κ2) is 6.26. The molecule has 17 heavy (non-hydrogen) atoms. The Morgan fingerprint density at radius 2 is 2.00 bits per heavy atom. The van der Waals surface area contributed by atoms with Gasteiger partial charge in [-0.15, -0.1) is 11.8 Å². The van der Waals surface area contributed by atoms with Crippen molar-refractivity contribution in [3.63, 3.8) is 0 Å². The second-order valence-electron chi connectivity index (χ2n) is 3.50. The van der Waals surface area contributed by atoms with E-state index in [0.29, 0.717) is 5.75 Å². The standard InChI is InChI=1S/C13H11IO2S/c14-11-5-3-10(4-6-11)13(15)9-17-8-12-2-1-7-16-12/h1-7H,8-9H2. The van der Waals surface area contributed by atoms with Gasteiger partial charge in [0.1, 0.15) is 5.76 Å². The molecule has 2 aromatic rings. The molecule has 0 N–H and O–H groups in total. The van der Waals surface area contributed by atoms with Crippen LogP contribution in [0.2, 0.25) is 0 Å². The van der Waals surface area contributed by atoms with E-state index in [4.69, 9.17) is 4.42 Å². The number of hydrogen-bond donors (Lipinski definition) is 0. The molecule has 0 aliphatic heterocycles. The summed E-state index contributed by atoms with van der Waals surface area (Å²) in [6.07, 6.45) is 1.65. The van der Waals surface area contributed by atoms with Crippen molar-refractivity contribution in [2.45, 2.75) is 5.75 Å². The molecule has 2 nitrogen and oxygen atoms in total. The third kappa shape index (κ3) is 3.89. The quantitative estimate of drug-likeness (QED) is 0.598. The number of carbonyl (C=O) groups excluding carboxylic acids is 1. The van der Waals surface area contributed by atoms with Gasteiger partial charge in [-0.3, -0.25) is 4.79 Å². The predicted molar refractivity (Wildman–Crippen MR) is 78.4 cm³/mol. The summed E-state index contributed by atoms with van der Waals surface area (Å²) >= 11 is 3.80. The molecule has 0 atom stereocenters. The Labute approximate surface area is 118 Å². The zero-order chi connectivity index (χ0) is 12.1. The van der Waals surface area contributed by atoms with Gasteiger partial charge in [0.05, 0.1) is 17.8 Å². The first-order chi connectivity index (χ1) is 8.25. The Morgan fingerprint density at radius 1 is 1.24 bits per heavy atom. The van der Waals surface area contributed by atoms with E-state index in [1.165, 1.54) is 0 Å². The lowest BCUT2D eigenvalue weighted by atomic mass is 10.2. The molecule has 0 aliphatic rings. The minimum absolute atomic E-state index is 0.165. The van der Waals surface area contributed by atoms with Crippen LogP contribution in [0.15, 0.2) is 47.1 Å². The lowest BCUT2D eigenvalue weighted by Gasteiger charge is -2.00. The maximum atomic E-state index is 11.8. The summed E-state index contributed by atoms with van der Waals surface area (Å²) in [4.78, 5) is 11.8. The minimum Gasteiger partial charge on any atom is -0.468 e. The van der Waals surface area contributed by atoms with Gasteiger partial charge in [-0.2, -0.15) is 0 Å². The maximum absolute atomic E-state index is 11.8. The Kier molecular flexibility index (Phi) is 4.67. The monoisotopic (exact) mass is 358 g/mol. The predicted octanol–water partition coefficient (Wildman–Crippen LogP) is 4.00. The van der Waals surface area contributed by atoms with E-state index in [1.54, 1.807) is 18.0 Å². The van der Waals surface area contributed by atoms with Crippen LogP contribution in [0, 0.1) is 3.57 Å². The van der Waals surface area contributed by atoms with Gasteiger partial charge in [-0.25, -0.2) is 0 Å². The van der Waals surface area contributed by atoms with Crippen LogP contribution in [0.3, 0.4) is 0 Å². The van der Waals surface area contributed by atoms with E-state index in [0.717, 1.165) is 20.6 Å². The van der Waals surface area contributed by atoms with Gasteiger partial charge in [-0.05, 0) is 46.9 Å². The third-order valence-corrected chi connectivity index (χ3v) is 3.90. The molecule has 0 fully saturated rings. The van der Waals surface area contributed by atoms with Crippen molar-refractivity contribution in [1.29, 1.82) is 0 Å². The van der Waals surface area contributed by atoms with E-state index in [1.807, 2.05) is 36.4 Å².